The molecule has 1 aromatic rings. The van der Waals surface area contributed by atoms with Crippen molar-refractivity contribution in [3.8, 4) is 0 Å². The molecule has 1 saturated carbocycles. The fourth-order valence-corrected chi connectivity index (χ4v) is 8.28. The number of alkyl halides is 6. The van der Waals surface area contributed by atoms with Gasteiger partial charge >= 0.3 is 12.8 Å². The Labute approximate surface area is 383 Å². The van der Waals surface area contributed by atoms with E-state index in [9.17, 15) is 59.9 Å². The van der Waals surface area contributed by atoms with Gasteiger partial charge in [-0.3, -0.25) is 38.3 Å². The smallest absolute Gasteiger partial charge is 0.354 e. The summed E-state index contributed by atoms with van der Waals surface area (Å²) in [5.74, 6) is -7.69. The maximum Gasteiger partial charge on any atom is 0.426 e. The van der Waals surface area contributed by atoms with Crippen LogP contribution in [0.5, 0.6) is 0 Å². The number of nitrogens with one attached hydrogen (secondary N) is 4. The van der Waals surface area contributed by atoms with Crippen LogP contribution >= 0.6 is 23.2 Å². The van der Waals surface area contributed by atoms with Crippen molar-refractivity contribution in [2.24, 2.45) is 11.8 Å². The van der Waals surface area contributed by atoms with E-state index in [1.807, 2.05) is 0 Å². The zero-order chi connectivity index (χ0) is 48.9. The second kappa shape index (κ2) is 21.5. The van der Waals surface area contributed by atoms with Crippen molar-refractivity contribution < 1.29 is 64.6 Å². The van der Waals surface area contributed by atoms with Crippen LogP contribution in [0.3, 0.4) is 0 Å². The quantitative estimate of drug-likeness (QED) is 0.223. The third-order valence-corrected chi connectivity index (χ3v) is 12.5. The van der Waals surface area contributed by atoms with Crippen LogP contribution in [0.4, 0.5) is 26.3 Å². The van der Waals surface area contributed by atoms with Gasteiger partial charge in [0.15, 0.2) is 0 Å². The molecule has 23 heteroatoms. The number of amides is 7. The summed E-state index contributed by atoms with van der Waals surface area (Å²) in [6.45, 7) is 1.59. The first kappa shape index (κ1) is 53.2. The van der Waals surface area contributed by atoms with Crippen molar-refractivity contribution in [1.29, 1.82) is 0 Å². The summed E-state index contributed by atoms with van der Waals surface area (Å²) in [7, 11) is 2.63. The summed E-state index contributed by atoms with van der Waals surface area (Å²) in [5, 5.41) is 11.2. The predicted octanol–water partition coefficient (Wildman–Crippen LogP) is 4.31. The zero-order valence-electron chi connectivity index (χ0n) is 37.1. The molecule has 0 radical (unpaired) electrons. The van der Waals surface area contributed by atoms with Gasteiger partial charge in [-0.15, -0.1) is 0 Å². The Morgan fingerprint density at radius 1 is 1.03 bits per heavy atom. The minimum absolute atomic E-state index is 0.0294. The molecular formula is C42H57Cl2F6N7O8. The molecule has 3 aliphatic rings. The molecule has 0 bridgehead atoms. The van der Waals surface area contributed by atoms with E-state index in [1.165, 1.54) is 40.1 Å². The van der Waals surface area contributed by atoms with Gasteiger partial charge in [-0.05, 0) is 94.9 Å². The number of halogens is 8. The average molecular weight is 973 g/mol. The van der Waals surface area contributed by atoms with Gasteiger partial charge < -0.3 is 36.0 Å². The lowest BCUT2D eigenvalue weighted by Gasteiger charge is -2.37. The first-order valence-corrected chi connectivity index (χ1v) is 22.0. The van der Waals surface area contributed by atoms with Gasteiger partial charge in [0.1, 0.15) is 41.9 Å². The molecule has 15 nitrogen and oxygen atoms in total. The molecule has 2 aliphatic heterocycles. The lowest BCUT2D eigenvalue weighted by atomic mass is 9.97. The van der Waals surface area contributed by atoms with E-state index in [4.69, 9.17) is 23.2 Å². The van der Waals surface area contributed by atoms with E-state index >= 15 is 0 Å². The third-order valence-electron chi connectivity index (χ3n) is 11.9. The van der Waals surface area contributed by atoms with Crippen LogP contribution in [-0.4, -0.2) is 144 Å². The highest BCUT2D eigenvalue weighted by Gasteiger charge is 2.63. The molecule has 0 aromatic heterocycles. The summed E-state index contributed by atoms with van der Waals surface area (Å²) >= 11 is 12.7. The molecule has 7 atom stereocenters. The van der Waals surface area contributed by atoms with E-state index in [2.05, 4.69) is 26.0 Å². The zero-order valence-corrected chi connectivity index (χ0v) is 38.6. The van der Waals surface area contributed by atoms with E-state index in [-0.39, 0.29) is 61.4 Å². The number of hydrogen-bond acceptors (Lipinski definition) is 8. The second-order valence-electron chi connectivity index (χ2n) is 18.0. The van der Waals surface area contributed by atoms with Crippen molar-refractivity contribution in [2.75, 3.05) is 27.2 Å². The van der Waals surface area contributed by atoms with Gasteiger partial charge in [0, 0.05) is 43.5 Å². The van der Waals surface area contributed by atoms with Gasteiger partial charge in [-0.25, -0.2) is 4.39 Å². The highest BCUT2D eigenvalue weighted by molar-refractivity contribution is 6.33. The maximum absolute atomic E-state index is 14.8. The molecule has 1 aliphatic carbocycles. The van der Waals surface area contributed by atoms with E-state index in [1.54, 1.807) is 19.9 Å². The number of likely N-dealkylation sites (N-methyl/N-ethyl adjacent to an activating group) is 2. The van der Waals surface area contributed by atoms with Gasteiger partial charge in [0.05, 0.1) is 6.54 Å². The average Bonchev–Trinajstić information content (AvgIpc) is 3.97. The Balaban J connectivity index is 1.66. The van der Waals surface area contributed by atoms with Crippen LogP contribution in [0, 0.1) is 11.8 Å². The summed E-state index contributed by atoms with van der Waals surface area (Å²) in [4.78, 5) is 100. The SMILES string of the molecule is CC(C)C[C@@H]1NC(=O)[C@@H](N(C)C(=O)[C@@H](NC(=O)[C@@H]2C[C@@H](F)CN2C(=O)[C@@](C)(OC(F)F)C(F)(F)F)C2CC2)CCCCNC(=O)C(C)(C)NC(=O)[C@H](Cc2cc(Cl)ccc2Cl)N(C)C1=O. The fourth-order valence-electron chi connectivity index (χ4n) is 7.89. The van der Waals surface area contributed by atoms with Crippen molar-refractivity contribution in [1.82, 2.24) is 36.0 Å². The Kier molecular flexibility index (Phi) is 17.6. The van der Waals surface area contributed by atoms with Crippen LogP contribution < -0.4 is 21.3 Å². The summed E-state index contributed by atoms with van der Waals surface area (Å²) in [6.07, 6.45) is -7.37. The minimum atomic E-state index is -5.70. The Morgan fingerprint density at radius 3 is 2.26 bits per heavy atom. The number of hydrogen-bond donors (Lipinski definition) is 4. The topological polar surface area (TPSA) is 187 Å². The van der Waals surface area contributed by atoms with Gasteiger partial charge in [-0.1, -0.05) is 37.0 Å². The van der Waals surface area contributed by atoms with Gasteiger partial charge in [0.2, 0.25) is 41.0 Å². The third kappa shape index (κ3) is 13.2. The van der Waals surface area contributed by atoms with Crippen LogP contribution in [-0.2, 0) is 44.7 Å². The molecule has 364 valence electrons. The van der Waals surface area contributed by atoms with Crippen LogP contribution in [0.1, 0.15) is 85.1 Å². The predicted molar refractivity (Wildman–Crippen MR) is 225 cm³/mol. The lowest BCUT2D eigenvalue weighted by molar-refractivity contribution is -0.310. The lowest BCUT2D eigenvalue weighted by Crippen LogP contribution is -2.63. The summed E-state index contributed by atoms with van der Waals surface area (Å²) < 4.78 is 86.8. The number of ether oxygens (including phenoxy) is 1. The number of carbonyl (C=O) groups is 7. The Bertz CT molecular complexity index is 1960. The molecular weight excluding hydrogens is 915 g/mol. The first-order valence-electron chi connectivity index (χ1n) is 21.3. The number of carbonyl (C=O) groups excluding carboxylic acids is 7. The second-order valence-corrected chi connectivity index (χ2v) is 18.8. The van der Waals surface area contributed by atoms with Crippen molar-refractivity contribution in [2.45, 2.75) is 146 Å². The fraction of sp³-hybridized carbons (Fsp3) is 0.690. The molecule has 7 amide bonds. The number of likely N-dealkylation sites (tertiary alicyclic amines) is 1. The normalized spacial score (nSPS) is 25.4. The Morgan fingerprint density at radius 2 is 1.68 bits per heavy atom. The molecule has 0 unspecified atom stereocenters. The highest BCUT2D eigenvalue weighted by Crippen LogP contribution is 2.39. The van der Waals surface area contributed by atoms with Crippen LogP contribution in [0.25, 0.3) is 0 Å². The monoisotopic (exact) mass is 971 g/mol. The van der Waals surface area contributed by atoms with Gasteiger partial charge in [-0.2, -0.15) is 22.0 Å². The minimum Gasteiger partial charge on any atom is -0.354 e. The summed E-state index contributed by atoms with van der Waals surface area (Å²) in [6, 6.07) is -2.65. The number of rotatable bonds is 12. The van der Waals surface area contributed by atoms with Crippen molar-refractivity contribution in [3.05, 3.63) is 33.8 Å². The molecule has 4 rings (SSSR count). The molecule has 4 N–H and O–H groups in total. The highest BCUT2D eigenvalue weighted by atomic mass is 35.5. The van der Waals surface area contributed by atoms with Crippen molar-refractivity contribution in [3.63, 3.8) is 0 Å². The van der Waals surface area contributed by atoms with E-state index < -0.39 is 121 Å². The molecule has 3 fully saturated rings. The van der Waals surface area contributed by atoms with Crippen molar-refractivity contribution >= 4 is 64.6 Å². The number of nitrogens with zero attached hydrogens (tertiary/aromatic N) is 3. The van der Waals surface area contributed by atoms with Crippen LogP contribution in [0.2, 0.25) is 10.0 Å². The van der Waals surface area contributed by atoms with E-state index in [0.717, 1.165) is 9.80 Å². The first-order chi connectivity index (χ1) is 30.1. The summed E-state index contributed by atoms with van der Waals surface area (Å²) in [5.41, 5.74) is -5.20. The van der Waals surface area contributed by atoms with E-state index in [0.29, 0.717) is 23.4 Å². The standard InChI is InChI=1S/C42H57Cl2F6N7O8/c1-21(2)16-27-35(61)56(7)29(18-23-17-24(43)13-14-26(23)44)34(60)54-40(3,4)37(63)51-15-9-8-10-28(32(58)52-27)55(6)36(62)31(22-11-12-22)53-33(59)30-19-25(45)20-57(30)38(64)41(5,42(48,49)50)65-39(46)47/h13-14,17,21-22,25,27-31,39H,8-12,15-16,18-20H2,1-7H3,(H,51,63)(H,52,58)(H,53,59)(H,54,60)/t25-,27+,28+,29+,30+,31+,41-/m1/s1. The maximum atomic E-state index is 14.8. The van der Waals surface area contributed by atoms with Gasteiger partial charge in [0.25, 0.3) is 5.91 Å². The molecule has 65 heavy (non-hydrogen) atoms. The molecule has 1 aromatic carbocycles. The van der Waals surface area contributed by atoms with Crippen LogP contribution in [0.15, 0.2) is 18.2 Å². The molecule has 2 heterocycles. The molecule has 0 spiro atoms. The number of benzene rings is 1. The largest absolute Gasteiger partial charge is 0.426 e. The molecule has 2 saturated heterocycles. The Hall–Kier alpha value is -4.37.